The predicted molar refractivity (Wildman–Crippen MR) is 62.8 cm³/mol. The van der Waals surface area contributed by atoms with Gasteiger partial charge in [0.2, 0.25) is 0 Å². The Bertz CT molecular complexity index is 523. The van der Waals surface area contributed by atoms with E-state index in [1.807, 2.05) is 17.5 Å². The van der Waals surface area contributed by atoms with E-state index >= 15 is 0 Å². The van der Waals surface area contributed by atoms with Crippen LogP contribution in [-0.2, 0) is 6.42 Å². The van der Waals surface area contributed by atoms with Crippen molar-refractivity contribution in [2.75, 3.05) is 5.73 Å². The lowest BCUT2D eigenvalue weighted by Crippen LogP contribution is -1.95. The van der Waals surface area contributed by atoms with Crippen molar-refractivity contribution in [2.24, 2.45) is 0 Å². The number of nitrogen functional groups attached to an aromatic ring is 1. The Labute approximate surface area is 91.4 Å². The fourth-order valence-corrected chi connectivity index (χ4v) is 2.69. The van der Waals surface area contributed by atoms with Crippen LogP contribution in [0.3, 0.4) is 0 Å². The van der Waals surface area contributed by atoms with Crippen LogP contribution in [0.15, 0.2) is 22.4 Å². The number of fused-ring (bicyclic) bond motifs is 1. The minimum absolute atomic E-state index is 0.316. The molecule has 0 aliphatic heterocycles. The van der Waals surface area contributed by atoms with Crippen molar-refractivity contribution in [3.05, 3.63) is 23.1 Å². The molecule has 14 heavy (non-hydrogen) atoms. The van der Waals surface area contributed by atoms with Crippen LogP contribution < -0.4 is 5.73 Å². The average Bonchev–Trinajstić information content (AvgIpc) is 2.60. The van der Waals surface area contributed by atoms with Crippen molar-refractivity contribution in [3.63, 3.8) is 0 Å². The van der Waals surface area contributed by atoms with E-state index in [4.69, 9.17) is 11.0 Å². The van der Waals surface area contributed by atoms with Gasteiger partial charge in [-0.25, -0.2) is 0 Å². The summed E-state index contributed by atoms with van der Waals surface area (Å²) in [5.41, 5.74) is 7.48. The highest BCUT2D eigenvalue weighted by molar-refractivity contribution is 7.80. The molecule has 0 fully saturated rings. The summed E-state index contributed by atoms with van der Waals surface area (Å²) >= 11 is 5.96. The summed E-state index contributed by atoms with van der Waals surface area (Å²) < 4.78 is 1.12. The molecular formula is C10H8N2S2. The monoisotopic (exact) mass is 220 g/mol. The Kier molecular flexibility index (Phi) is 2.36. The Hall–Kier alpha value is -1.18. The van der Waals surface area contributed by atoms with E-state index < -0.39 is 0 Å². The highest BCUT2D eigenvalue weighted by atomic mass is 32.1. The zero-order chi connectivity index (χ0) is 10.1. The molecule has 70 valence electrons. The van der Waals surface area contributed by atoms with Gasteiger partial charge in [-0.2, -0.15) is 5.26 Å². The minimum Gasteiger partial charge on any atom is -0.398 e. The Morgan fingerprint density at radius 1 is 1.57 bits per heavy atom. The molecule has 2 N–H and O–H groups in total. The first-order valence-corrected chi connectivity index (χ1v) is 5.41. The lowest BCUT2D eigenvalue weighted by Gasteiger charge is -2.06. The molecule has 1 aromatic heterocycles. The zero-order valence-electron chi connectivity index (χ0n) is 7.32. The van der Waals surface area contributed by atoms with Gasteiger partial charge in [0.1, 0.15) is 0 Å². The molecule has 4 heteroatoms. The summed E-state index contributed by atoms with van der Waals surface area (Å²) in [5, 5.41) is 11.7. The van der Waals surface area contributed by atoms with Crippen LogP contribution in [0.4, 0.5) is 5.69 Å². The van der Waals surface area contributed by atoms with E-state index in [2.05, 4.69) is 18.7 Å². The zero-order valence-corrected chi connectivity index (χ0v) is 9.03. The molecule has 0 aliphatic rings. The van der Waals surface area contributed by atoms with Crippen LogP contribution in [0.25, 0.3) is 10.1 Å². The van der Waals surface area contributed by atoms with Gasteiger partial charge in [0.25, 0.3) is 0 Å². The van der Waals surface area contributed by atoms with E-state index in [9.17, 15) is 0 Å². The highest BCUT2D eigenvalue weighted by Crippen LogP contribution is 2.33. The van der Waals surface area contributed by atoms with Gasteiger partial charge in [-0.1, -0.05) is 0 Å². The fourth-order valence-electron chi connectivity index (χ4n) is 1.43. The third-order valence-corrected chi connectivity index (χ3v) is 3.41. The highest BCUT2D eigenvalue weighted by Gasteiger charge is 2.09. The topological polar surface area (TPSA) is 49.8 Å². The van der Waals surface area contributed by atoms with Crippen LogP contribution >= 0.6 is 24.0 Å². The van der Waals surface area contributed by atoms with Gasteiger partial charge in [-0.05, 0) is 17.5 Å². The molecular weight excluding hydrogens is 212 g/mol. The Balaban J connectivity index is 2.77. The van der Waals surface area contributed by atoms with Crippen molar-refractivity contribution >= 4 is 39.7 Å². The lowest BCUT2D eigenvalue weighted by atomic mass is 10.1. The maximum Gasteiger partial charge on any atom is 0.0670 e. The molecule has 0 aliphatic carbocycles. The molecule has 1 aromatic carbocycles. The number of nitrogens with zero attached hydrogens (tertiary/aromatic N) is 1. The lowest BCUT2D eigenvalue weighted by molar-refractivity contribution is 1.20. The number of thiol groups is 1. The predicted octanol–water partition coefficient (Wildman–Crippen LogP) is 2.84. The molecule has 0 radical (unpaired) electrons. The second-order valence-corrected chi connectivity index (χ2v) is 4.38. The molecule has 0 saturated carbocycles. The molecule has 2 nitrogen and oxygen atoms in total. The van der Waals surface area contributed by atoms with Crippen LogP contribution in [0.1, 0.15) is 5.56 Å². The normalized spacial score (nSPS) is 10.3. The first-order valence-electron chi connectivity index (χ1n) is 4.08. The number of nitrogens with two attached hydrogens (primary N) is 1. The van der Waals surface area contributed by atoms with Crippen LogP contribution in [0, 0.1) is 11.3 Å². The first kappa shape index (κ1) is 9.38. The molecule has 2 rings (SSSR count). The smallest absolute Gasteiger partial charge is 0.0670 e. The van der Waals surface area contributed by atoms with E-state index in [1.165, 1.54) is 0 Å². The third kappa shape index (κ3) is 1.35. The molecule has 0 spiro atoms. The van der Waals surface area contributed by atoms with Crippen molar-refractivity contribution in [1.29, 1.82) is 5.26 Å². The van der Waals surface area contributed by atoms with Crippen molar-refractivity contribution in [3.8, 4) is 6.07 Å². The number of benzene rings is 1. The molecule has 2 aromatic rings. The molecule has 0 saturated heterocycles. The van der Waals surface area contributed by atoms with Crippen molar-refractivity contribution < 1.29 is 0 Å². The minimum atomic E-state index is 0.316. The van der Waals surface area contributed by atoms with Crippen molar-refractivity contribution in [1.82, 2.24) is 0 Å². The molecule has 1 heterocycles. The third-order valence-electron chi connectivity index (χ3n) is 2.14. The number of thiophene rings is 1. The second kappa shape index (κ2) is 3.52. The number of rotatable bonds is 1. The average molecular weight is 220 g/mol. The largest absolute Gasteiger partial charge is 0.398 e. The standard InChI is InChI=1S/C10H8N2S2/c11-3-1-6-8(13)5-9-7(10(6)12)2-4-14-9/h2,4-5,13H,1,12H2. The maximum atomic E-state index is 8.65. The second-order valence-electron chi connectivity index (χ2n) is 2.96. The van der Waals surface area contributed by atoms with Gasteiger partial charge in [-0.3, -0.25) is 0 Å². The van der Waals surface area contributed by atoms with Gasteiger partial charge in [0.15, 0.2) is 0 Å². The number of hydrogen-bond acceptors (Lipinski definition) is 4. The van der Waals surface area contributed by atoms with Crippen LogP contribution in [0.5, 0.6) is 0 Å². The molecule has 0 atom stereocenters. The fraction of sp³-hybridized carbons (Fsp3) is 0.100. The summed E-state index contributed by atoms with van der Waals surface area (Å²) in [7, 11) is 0. The van der Waals surface area contributed by atoms with E-state index in [0.717, 1.165) is 20.5 Å². The van der Waals surface area contributed by atoms with Crippen LogP contribution in [-0.4, -0.2) is 0 Å². The molecule has 0 unspecified atom stereocenters. The van der Waals surface area contributed by atoms with Gasteiger partial charge in [0.05, 0.1) is 12.5 Å². The Morgan fingerprint density at radius 3 is 3.07 bits per heavy atom. The van der Waals surface area contributed by atoms with Gasteiger partial charge in [0, 0.05) is 26.2 Å². The van der Waals surface area contributed by atoms with Crippen LogP contribution in [0.2, 0.25) is 0 Å². The summed E-state index contributed by atoms with van der Waals surface area (Å²) in [5.74, 6) is 0. The molecule has 0 amide bonds. The van der Waals surface area contributed by atoms with Gasteiger partial charge >= 0.3 is 0 Å². The van der Waals surface area contributed by atoms with Gasteiger partial charge < -0.3 is 5.73 Å². The van der Waals surface area contributed by atoms with E-state index in [1.54, 1.807) is 11.3 Å². The number of anilines is 1. The summed E-state index contributed by atoms with van der Waals surface area (Å²) in [6.45, 7) is 0. The van der Waals surface area contributed by atoms with Gasteiger partial charge in [-0.15, -0.1) is 24.0 Å². The summed E-state index contributed by atoms with van der Waals surface area (Å²) in [6.07, 6.45) is 0.316. The summed E-state index contributed by atoms with van der Waals surface area (Å²) in [6, 6.07) is 6.04. The van der Waals surface area contributed by atoms with E-state index in [0.29, 0.717) is 12.1 Å². The number of nitriles is 1. The van der Waals surface area contributed by atoms with Crippen molar-refractivity contribution in [2.45, 2.75) is 11.3 Å². The quantitative estimate of drug-likeness (QED) is 0.573. The summed E-state index contributed by atoms with van der Waals surface area (Å²) in [4.78, 5) is 0.805. The molecule has 0 bridgehead atoms. The van der Waals surface area contributed by atoms with E-state index in [-0.39, 0.29) is 0 Å². The maximum absolute atomic E-state index is 8.65. The first-order chi connectivity index (χ1) is 6.74. The SMILES string of the molecule is N#CCc1c(S)cc2sccc2c1N. The Morgan fingerprint density at radius 2 is 2.36 bits per heavy atom. The number of hydrogen-bond donors (Lipinski definition) is 2.